The van der Waals surface area contributed by atoms with Gasteiger partial charge in [0.15, 0.2) is 23.6 Å². The number of fused-ring (bicyclic) bond motifs is 5. The van der Waals surface area contributed by atoms with E-state index in [9.17, 15) is 44.1 Å². The Hall–Kier alpha value is -4.35. The van der Waals surface area contributed by atoms with Crippen LogP contribution in [-0.4, -0.2) is 145 Å². The summed E-state index contributed by atoms with van der Waals surface area (Å²) in [7, 11) is 0. The van der Waals surface area contributed by atoms with Crippen LogP contribution in [0.1, 0.15) is 83.3 Å². The first-order valence-electron chi connectivity index (χ1n) is 23.1. The van der Waals surface area contributed by atoms with Crippen LogP contribution in [-0.2, 0) is 57.0 Å². The molecule has 1 aliphatic heterocycles. The Kier molecular flexibility index (Phi) is 18.0. The molecule has 26 heteroatoms. The zero-order valence-electron chi connectivity index (χ0n) is 41.3. The molecule has 1 amide bonds. The van der Waals surface area contributed by atoms with Crippen molar-refractivity contribution >= 4 is 112 Å². The number of esters is 3. The van der Waals surface area contributed by atoms with E-state index in [0.717, 1.165) is 6.92 Å². The standard InChI is InChI=1S/C49H55Cl6NO19/c1-24-28(70-39(62)33(59)32(26-14-10-8-11-15-26)56-40(63)75-43(3,4)20-57)19-47(66)37(73-38(61)27-16-12-9-13-17-27)35-45(7,36(60)34(31(24)44(47,5)6)72-42(65)69-23-49(53,54)55)29(71-41(64)68-22-48(50,51)52)18-30-46(35,21-67-30)74-25(2)58/h8-17,28-30,32-35,37,57,59,66H,18-23H2,1-7H3,(H,56,63)/t28-,29-,30+,32-,33+,34+,35-,37-,45+,46-,47+/m0/s1. The number of ketones is 1. The van der Waals surface area contributed by atoms with Crippen molar-refractivity contribution in [1.29, 1.82) is 0 Å². The van der Waals surface area contributed by atoms with Crippen molar-refractivity contribution in [3.63, 3.8) is 0 Å². The maximum Gasteiger partial charge on any atom is 0.509 e. The van der Waals surface area contributed by atoms with Crippen LogP contribution in [0.3, 0.4) is 0 Å². The Balaban J connectivity index is 1.60. The van der Waals surface area contributed by atoms with Crippen molar-refractivity contribution in [3.8, 4) is 0 Å². The summed E-state index contributed by atoms with van der Waals surface area (Å²) in [4.78, 5) is 99.5. The molecule has 0 unspecified atom stereocenters. The van der Waals surface area contributed by atoms with Crippen LogP contribution >= 0.6 is 69.6 Å². The van der Waals surface area contributed by atoms with Crippen LogP contribution in [0.4, 0.5) is 14.4 Å². The van der Waals surface area contributed by atoms with Gasteiger partial charge in [0.05, 0.1) is 36.2 Å². The van der Waals surface area contributed by atoms with Crippen molar-refractivity contribution < 1.29 is 91.5 Å². The van der Waals surface area contributed by atoms with Crippen LogP contribution in [0, 0.1) is 16.7 Å². The Morgan fingerprint density at radius 1 is 0.840 bits per heavy atom. The number of alkyl halides is 6. The van der Waals surface area contributed by atoms with E-state index in [1.807, 2.05) is 0 Å². The molecule has 20 nitrogen and oxygen atoms in total. The molecule has 2 aromatic rings. The van der Waals surface area contributed by atoms with Gasteiger partial charge in [-0.05, 0) is 56.5 Å². The molecular weight excluding hydrogens is 1120 g/mol. The van der Waals surface area contributed by atoms with E-state index in [2.05, 4.69) is 5.32 Å². The maximum atomic E-state index is 16.3. The minimum Gasteiger partial charge on any atom is -0.456 e. The Labute approximate surface area is 460 Å². The third kappa shape index (κ3) is 12.7. The molecule has 1 saturated heterocycles. The summed E-state index contributed by atoms with van der Waals surface area (Å²) in [5.74, 6) is -6.49. The topological polar surface area (TPSA) is 275 Å². The van der Waals surface area contributed by atoms with Gasteiger partial charge in [0.25, 0.3) is 0 Å². The van der Waals surface area contributed by atoms with E-state index in [1.165, 1.54) is 77.9 Å². The number of amides is 1. The zero-order chi connectivity index (χ0) is 55.9. The van der Waals surface area contributed by atoms with Crippen molar-refractivity contribution in [2.75, 3.05) is 26.4 Å². The molecule has 3 aliphatic carbocycles. The maximum absolute atomic E-state index is 16.3. The smallest absolute Gasteiger partial charge is 0.456 e. The van der Waals surface area contributed by atoms with Crippen LogP contribution in [0.25, 0.3) is 0 Å². The lowest BCUT2D eigenvalue weighted by atomic mass is 9.44. The average Bonchev–Trinajstić information content (AvgIpc) is 3.32. The molecule has 6 rings (SSSR count). The first-order valence-corrected chi connectivity index (χ1v) is 25.4. The predicted octanol–water partition coefficient (Wildman–Crippen LogP) is 7.29. The number of halogens is 6. The number of hydrogen-bond donors (Lipinski definition) is 4. The summed E-state index contributed by atoms with van der Waals surface area (Å²) in [6, 6.07) is 13.5. The monoisotopic (exact) mass is 1170 g/mol. The molecule has 2 aromatic carbocycles. The number of alkyl carbamates (subject to hydrolysis) is 1. The van der Waals surface area contributed by atoms with Crippen LogP contribution in [0.2, 0.25) is 0 Å². The summed E-state index contributed by atoms with van der Waals surface area (Å²) in [5.41, 5.74) is -10.8. The molecule has 2 saturated carbocycles. The molecule has 4 aliphatic rings. The van der Waals surface area contributed by atoms with Gasteiger partial charge in [0.1, 0.15) is 48.8 Å². The summed E-state index contributed by atoms with van der Waals surface area (Å²) < 4.78 is 47.7. The molecule has 4 N–H and O–H groups in total. The lowest BCUT2D eigenvalue weighted by Gasteiger charge is -2.67. The van der Waals surface area contributed by atoms with E-state index in [-0.39, 0.29) is 22.3 Å². The molecule has 412 valence electrons. The first-order chi connectivity index (χ1) is 34.7. The van der Waals surface area contributed by atoms with Crippen LogP contribution in [0.5, 0.6) is 0 Å². The molecule has 0 spiro atoms. The number of nitrogens with one attached hydrogen (secondary N) is 1. The summed E-state index contributed by atoms with van der Waals surface area (Å²) >= 11 is 35.4. The van der Waals surface area contributed by atoms with Crippen molar-refractivity contribution in [3.05, 3.63) is 82.9 Å². The van der Waals surface area contributed by atoms with Gasteiger partial charge < -0.3 is 63.3 Å². The second-order valence-corrected chi connectivity index (χ2v) is 24.9. The lowest BCUT2D eigenvalue weighted by molar-refractivity contribution is -0.346. The number of ether oxygens (including phenoxy) is 9. The van der Waals surface area contributed by atoms with Gasteiger partial charge in [-0.3, -0.25) is 9.59 Å². The highest BCUT2D eigenvalue weighted by Crippen LogP contribution is 2.65. The number of rotatable bonds is 14. The van der Waals surface area contributed by atoms with Gasteiger partial charge in [-0.1, -0.05) is 132 Å². The second-order valence-electron chi connectivity index (χ2n) is 19.9. The number of hydrogen-bond acceptors (Lipinski definition) is 19. The summed E-state index contributed by atoms with van der Waals surface area (Å²) in [5, 5.41) is 38.1. The largest absolute Gasteiger partial charge is 0.509 e. The molecule has 2 bridgehead atoms. The molecule has 3 fully saturated rings. The van der Waals surface area contributed by atoms with Gasteiger partial charge in [0, 0.05) is 25.2 Å². The highest BCUT2D eigenvalue weighted by atomic mass is 35.6. The number of carbonyl (C=O) groups is 7. The lowest BCUT2D eigenvalue weighted by Crippen LogP contribution is -2.82. The van der Waals surface area contributed by atoms with Gasteiger partial charge >= 0.3 is 36.3 Å². The van der Waals surface area contributed by atoms with Gasteiger partial charge in [-0.15, -0.1) is 0 Å². The Bertz CT molecular complexity index is 2540. The molecule has 1 heterocycles. The van der Waals surface area contributed by atoms with E-state index in [0.29, 0.717) is 0 Å². The number of benzene rings is 2. The molecule has 0 radical (unpaired) electrons. The van der Waals surface area contributed by atoms with Gasteiger partial charge in [0.2, 0.25) is 7.59 Å². The Morgan fingerprint density at radius 2 is 1.40 bits per heavy atom. The third-order valence-corrected chi connectivity index (χ3v) is 14.7. The number of aliphatic hydroxyl groups excluding tert-OH is 2. The van der Waals surface area contributed by atoms with Gasteiger partial charge in [-0.2, -0.15) is 0 Å². The fourth-order valence-electron chi connectivity index (χ4n) is 10.4. The number of carbonyl (C=O) groups excluding carboxylic acids is 7. The van der Waals surface area contributed by atoms with E-state index < -0.39 is 165 Å². The van der Waals surface area contributed by atoms with E-state index in [4.69, 9.17) is 112 Å². The second kappa shape index (κ2) is 22.6. The van der Waals surface area contributed by atoms with Crippen molar-refractivity contribution in [1.82, 2.24) is 5.32 Å². The van der Waals surface area contributed by atoms with Crippen molar-refractivity contribution in [2.24, 2.45) is 16.7 Å². The summed E-state index contributed by atoms with van der Waals surface area (Å²) in [6.07, 6.45) is -16.9. The molecule has 11 atom stereocenters. The average molecular weight is 1170 g/mol. The van der Waals surface area contributed by atoms with E-state index >= 15 is 4.79 Å². The third-order valence-electron chi connectivity index (χ3n) is 14.0. The normalized spacial score (nSPS) is 28.9. The van der Waals surface area contributed by atoms with Crippen LogP contribution in [0.15, 0.2) is 71.8 Å². The van der Waals surface area contributed by atoms with Gasteiger partial charge in [-0.25, -0.2) is 24.0 Å². The number of aliphatic hydroxyl groups is 3. The minimum atomic E-state index is -2.68. The van der Waals surface area contributed by atoms with Crippen LogP contribution < -0.4 is 5.32 Å². The van der Waals surface area contributed by atoms with Crippen molar-refractivity contribution in [2.45, 2.75) is 128 Å². The first kappa shape index (κ1) is 59.9. The molecule has 75 heavy (non-hydrogen) atoms. The minimum absolute atomic E-state index is 0.0667. The Morgan fingerprint density at radius 3 is 1.92 bits per heavy atom. The quantitative estimate of drug-likeness (QED) is 0.0625. The highest BCUT2D eigenvalue weighted by molar-refractivity contribution is 6.68. The number of Topliss-reactive ketones (excluding diaryl/α,β-unsaturated/α-hetero) is 1. The fraction of sp³-hybridized carbons (Fsp3) is 0.571. The zero-order valence-corrected chi connectivity index (χ0v) is 45.8. The summed E-state index contributed by atoms with van der Waals surface area (Å²) in [6.45, 7) is 6.42. The predicted molar refractivity (Wildman–Crippen MR) is 266 cm³/mol. The fourth-order valence-corrected chi connectivity index (χ4v) is 10.7. The molecule has 0 aromatic heterocycles. The highest BCUT2D eigenvalue weighted by Gasteiger charge is 2.79. The molecular formula is C49H55Cl6NO19. The van der Waals surface area contributed by atoms with E-state index in [1.54, 1.807) is 24.3 Å². The SMILES string of the molecule is CC(=O)O[C@@]12CO[C@@H]1C[C@H](OC(=O)OCC(Cl)(Cl)Cl)[C@@]1(C)C(=O)[C@H](OC(=O)OCC(Cl)(Cl)Cl)C3=C(C)[C@@H](OC(=O)[C@H](O)[C@@H](NC(=O)OC(C)(C)CO)c4ccccc4)C[C@@](O)([C@@H](OC(=O)c4ccccc4)[C@H]21)C3(C)C.